The van der Waals surface area contributed by atoms with Gasteiger partial charge in [0.1, 0.15) is 0 Å². The van der Waals surface area contributed by atoms with Crippen LogP contribution < -0.4 is 5.69 Å². The van der Waals surface area contributed by atoms with E-state index in [1.54, 1.807) is 0 Å². The Kier molecular flexibility index (Phi) is 2.90. The molecule has 0 saturated carbocycles. The van der Waals surface area contributed by atoms with Crippen molar-refractivity contribution in [2.24, 2.45) is 0 Å². The lowest BCUT2D eigenvalue weighted by molar-refractivity contribution is 0.192. The minimum atomic E-state index is -0.390. The molecule has 5 nitrogen and oxygen atoms in total. The van der Waals surface area contributed by atoms with Crippen molar-refractivity contribution in [2.75, 3.05) is 6.54 Å². The number of rotatable bonds is 3. The zero-order valence-electron chi connectivity index (χ0n) is 9.19. The molecule has 0 bridgehead atoms. The zero-order valence-corrected chi connectivity index (χ0v) is 9.19. The number of aromatic amines is 1. The van der Waals surface area contributed by atoms with Gasteiger partial charge in [0.25, 0.3) is 0 Å². The maximum absolute atomic E-state index is 10.8. The Morgan fingerprint density at radius 1 is 1.67 bits per heavy atom. The predicted molar refractivity (Wildman–Crippen MR) is 55.7 cm³/mol. The molecule has 2 rings (SSSR count). The van der Waals surface area contributed by atoms with E-state index in [0.29, 0.717) is 18.0 Å². The highest BCUT2D eigenvalue weighted by atomic mass is 16.5. The highest BCUT2D eigenvalue weighted by Gasteiger charge is 2.27. The van der Waals surface area contributed by atoms with Gasteiger partial charge in [-0.2, -0.15) is 10.1 Å². The maximum atomic E-state index is 10.8. The summed E-state index contributed by atoms with van der Waals surface area (Å²) >= 11 is 0. The van der Waals surface area contributed by atoms with Crippen LogP contribution in [-0.2, 0) is 6.42 Å². The van der Waals surface area contributed by atoms with Crippen molar-refractivity contribution in [3.63, 3.8) is 0 Å². The molecule has 1 atom stereocenters. The van der Waals surface area contributed by atoms with Crippen LogP contribution in [0.4, 0.5) is 0 Å². The molecule has 0 amide bonds. The number of hydrogen-bond donors (Lipinski definition) is 1. The molecule has 1 aliphatic rings. The van der Waals surface area contributed by atoms with E-state index in [0.717, 1.165) is 19.4 Å². The Morgan fingerprint density at radius 2 is 2.47 bits per heavy atom. The van der Waals surface area contributed by atoms with Crippen LogP contribution >= 0.6 is 0 Å². The maximum Gasteiger partial charge on any atom is 0.377 e. The van der Waals surface area contributed by atoms with Gasteiger partial charge in [0.15, 0.2) is 0 Å². The summed E-state index contributed by atoms with van der Waals surface area (Å²) in [7, 11) is 0. The average Bonchev–Trinajstić information content (AvgIpc) is 2.75. The fraction of sp³-hybridized carbons (Fsp3) is 0.800. The van der Waals surface area contributed by atoms with Crippen molar-refractivity contribution in [1.29, 1.82) is 0 Å². The van der Waals surface area contributed by atoms with Crippen molar-refractivity contribution in [2.45, 2.75) is 45.2 Å². The van der Waals surface area contributed by atoms with E-state index in [9.17, 15) is 4.79 Å². The first kappa shape index (κ1) is 10.4. The van der Waals surface area contributed by atoms with Crippen LogP contribution in [0.3, 0.4) is 0 Å². The van der Waals surface area contributed by atoms with Crippen molar-refractivity contribution in [1.82, 2.24) is 15.0 Å². The predicted octanol–water partition coefficient (Wildman–Crippen LogP) is 0.778. The highest BCUT2D eigenvalue weighted by molar-refractivity contribution is 4.89. The molecule has 1 fully saturated rings. The minimum Gasteiger partial charge on any atom is -0.362 e. The summed E-state index contributed by atoms with van der Waals surface area (Å²) in [6, 6.07) is 1.01. The van der Waals surface area contributed by atoms with E-state index in [1.165, 1.54) is 6.42 Å². The molecule has 1 aliphatic heterocycles. The lowest BCUT2D eigenvalue weighted by atomic mass is 10.1. The van der Waals surface area contributed by atoms with Crippen LogP contribution in [0, 0.1) is 0 Å². The van der Waals surface area contributed by atoms with Gasteiger partial charge in [0.05, 0.1) is 0 Å². The molecule has 5 heteroatoms. The number of likely N-dealkylation sites (tertiary alicyclic amines) is 1. The summed E-state index contributed by atoms with van der Waals surface area (Å²) in [5, 5.41) is 2.23. The molecule has 1 N–H and O–H groups in total. The largest absolute Gasteiger partial charge is 0.377 e. The van der Waals surface area contributed by atoms with Crippen molar-refractivity contribution >= 4 is 0 Å². The molecule has 1 aromatic heterocycles. The van der Waals surface area contributed by atoms with Gasteiger partial charge >= 0.3 is 5.69 Å². The van der Waals surface area contributed by atoms with Gasteiger partial charge in [-0.3, -0.25) is 4.90 Å². The van der Waals surface area contributed by atoms with Crippen LogP contribution in [0.2, 0.25) is 0 Å². The van der Waals surface area contributed by atoms with Gasteiger partial charge in [-0.05, 0) is 33.2 Å². The minimum absolute atomic E-state index is 0.390. The molecule has 0 aromatic carbocycles. The molecular formula is C10H17N3O2. The summed E-state index contributed by atoms with van der Waals surface area (Å²) in [6.45, 7) is 5.52. The monoisotopic (exact) mass is 211 g/mol. The van der Waals surface area contributed by atoms with E-state index in [4.69, 9.17) is 4.52 Å². The number of nitrogens with zero attached hydrogens (tertiary/aromatic N) is 2. The van der Waals surface area contributed by atoms with Crippen LogP contribution in [0.5, 0.6) is 0 Å². The van der Waals surface area contributed by atoms with E-state index in [2.05, 4.69) is 28.9 Å². The second-order valence-electron chi connectivity index (χ2n) is 4.35. The van der Waals surface area contributed by atoms with Gasteiger partial charge < -0.3 is 4.52 Å². The number of hydrogen-bond acceptors (Lipinski definition) is 4. The van der Waals surface area contributed by atoms with Gasteiger partial charge in [0, 0.05) is 18.5 Å². The van der Waals surface area contributed by atoms with Crippen LogP contribution in [0.25, 0.3) is 0 Å². The standard InChI is InChI=1S/C10H17N3O2/c1-7(2)13-5-3-4-8(13)6-9-11-10(14)12-15-9/h7-8H,3-6H2,1-2H3,(H,12,14). The van der Waals surface area contributed by atoms with Gasteiger partial charge in [0.2, 0.25) is 5.89 Å². The molecule has 1 aromatic rings. The summed E-state index contributed by atoms with van der Waals surface area (Å²) in [5.74, 6) is 0.526. The van der Waals surface area contributed by atoms with Gasteiger partial charge in [-0.1, -0.05) is 0 Å². The lowest BCUT2D eigenvalue weighted by Crippen LogP contribution is -2.36. The lowest BCUT2D eigenvalue weighted by Gasteiger charge is -2.27. The molecule has 0 aliphatic carbocycles. The molecule has 15 heavy (non-hydrogen) atoms. The third-order valence-electron chi connectivity index (χ3n) is 2.98. The van der Waals surface area contributed by atoms with Gasteiger partial charge in [-0.25, -0.2) is 4.79 Å². The second kappa shape index (κ2) is 4.18. The smallest absolute Gasteiger partial charge is 0.362 e. The van der Waals surface area contributed by atoms with Crippen molar-refractivity contribution in [3.05, 3.63) is 16.4 Å². The third kappa shape index (κ3) is 2.28. The quantitative estimate of drug-likeness (QED) is 0.802. The Balaban J connectivity index is 2.02. The van der Waals surface area contributed by atoms with Crippen LogP contribution in [0.1, 0.15) is 32.6 Å². The normalized spacial score (nSPS) is 22.7. The molecular weight excluding hydrogens is 194 g/mol. The summed E-state index contributed by atoms with van der Waals surface area (Å²) in [5.41, 5.74) is -0.390. The Hall–Kier alpha value is -1.10. The molecule has 0 radical (unpaired) electrons. The fourth-order valence-corrected chi connectivity index (χ4v) is 2.31. The van der Waals surface area contributed by atoms with Crippen molar-refractivity contribution < 1.29 is 4.52 Å². The van der Waals surface area contributed by atoms with Crippen LogP contribution in [-0.4, -0.2) is 33.7 Å². The summed E-state index contributed by atoms with van der Waals surface area (Å²) in [4.78, 5) is 17.0. The SMILES string of the molecule is CC(C)N1CCCC1Cc1nc(=O)[nH]o1. The Labute approximate surface area is 88.5 Å². The van der Waals surface area contributed by atoms with Gasteiger partial charge in [-0.15, -0.1) is 0 Å². The van der Waals surface area contributed by atoms with E-state index in [1.807, 2.05) is 0 Å². The highest BCUT2D eigenvalue weighted by Crippen LogP contribution is 2.22. The van der Waals surface area contributed by atoms with E-state index >= 15 is 0 Å². The second-order valence-corrected chi connectivity index (χ2v) is 4.35. The zero-order chi connectivity index (χ0) is 10.8. The molecule has 84 valence electrons. The molecule has 1 saturated heterocycles. The number of aromatic nitrogens is 2. The Bertz CT molecular complexity index is 369. The number of nitrogens with one attached hydrogen (secondary N) is 1. The fourth-order valence-electron chi connectivity index (χ4n) is 2.31. The summed E-state index contributed by atoms with van der Waals surface area (Å²) in [6.07, 6.45) is 3.11. The van der Waals surface area contributed by atoms with Crippen molar-refractivity contribution in [3.8, 4) is 0 Å². The summed E-state index contributed by atoms with van der Waals surface area (Å²) < 4.78 is 4.98. The third-order valence-corrected chi connectivity index (χ3v) is 2.98. The van der Waals surface area contributed by atoms with Crippen LogP contribution in [0.15, 0.2) is 9.32 Å². The van der Waals surface area contributed by atoms with E-state index < -0.39 is 0 Å². The average molecular weight is 211 g/mol. The molecule has 1 unspecified atom stereocenters. The Morgan fingerprint density at radius 3 is 3.07 bits per heavy atom. The van der Waals surface area contributed by atoms with E-state index in [-0.39, 0.29) is 5.69 Å². The topological polar surface area (TPSA) is 62.1 Å². The first-order valence-corrected chi connectivity index (χ1v) is 5.47. The first-order valence-electron chi connectivity index (χ1n) is 5.47. The first-order chi connectivity index (χ1) is 7.16. The molecule has 2 heterocycles. The number of H-pyrrole nitrogens is 1. The molecule has 0 spiro atoms.